The van der Waals surface area contributed by atoms with Gasteiger partial charge in [-0.25, -0.2) is 4.79 Å². The first kappa shape index (κ1) is 38.4. The van der Waals surface area contributed by atoms with Crippen LogP contribution in [-0.4, -0.2) is 81.3 Å². The highest BCUT2D eigenvalue weighted by Gasteiger charge is 2.40. The number of cyclic esters (lactones) is 1. The molecule has 3 aliphatic heterocycles. The Hall–Kier alpha value is -1.03. The molecule has 0 aliphatic carbocycles. The van der Waals surface area contributed by atoms with Gasteiger partial charge in [0.25, 0.3) is 0 Å². The summed E-state index contributed by atoms with van der Waals surface area (Å²) >= 11 is 0. The minimum atomic E-state index is -0.492. The number of hydrogen-bond donors (Lipinski definition) is 4. The van der Waals surface area contributed by atoms with Gasteiger partial charge in [-0.3, -0.25) is 0 Å². The number of hydrogen-bond acceptors (Lipinski definition) is 8. The maximum atomic E-state index is 11.7. The van der Waals surface area contributed by atoms with Crippen LogP contribution in [0.4, 0.5) is 0 Å². The molecule has 0 aromatic carbocycles. The summed E-state index contributed by atoms with van der Waals surface area (Å²) in [6.07, 6.45) is 21.7. The predicted molar refractivity (Wildman–Crippen MR) is 177 cm³/mol. The van der Waals surface area contributed by atoms with E-state index in [1.807, 2.05) is 13.0 Å². The molecule has 9 atom stereocenters. The van der Waals surface area contributed by atoms with Crippen LogP contribution in [0.5, 0.6) is 0 Å². The quantitative estimate of drug-likeness (QED) is 0.0634. The second kappa shape index (κ2) is 21.8. The Morgan fingerprint density at radius 1 is 0.644 bits per heavy atom. The molecule has 0 radical (unpaired) electrons. The third kappa shape index (κ3) is 14.7. The smallest absolute Gasteiger partial charge is 0.334 e. The van der Waals surface area contributed by atoms with Crippen molar-refractivity contribution >= 4 is 5.97 Å². The summed E-state index contributed by atoms with van der Waals surface area (Å²) in [6, 6.07) is 0. The number of carbonyl (C=O) groups is 1. The Morgan fingerprint density at radius 3 is 1.64 bits per heavy atom. The van der Waals surface area contributed by atoms with Crippen molar-refractivity contribution in [1.29, 1.82) is 0 Å². The van der Waals surface area contributed by atoms with Gasteiger partial charge in [0.05, 0.1) is 48.8 Å². The van der Waals surface area contributed by atoms with E-state index in [9.17, 15) is 25.2 Å². The van der Waals surface area contributed by atoms with Gasteiger partial charge in [-0.1, -0.05) is 77.6 Å². The molecular formula is C37H66O8. The van der Waals surface area contributed by atoms with Gasteiger partial charge < -0.3 is 34.6 Å². The second-order valence-corrected chi connectivity index (χ2v) is 14.2. The third-order valence-electron chi connectivity index (χ3n) is 10.1. The van der Waals surface area contributed by atoms with Crippen LogP contribution in [0.25, 0.3) is 0 Å². The third-order valence-corrected chi connectivity index (χ3v) is 10.1. The minimum absolute atomic E-state index is 0.000530. The number of rotatable bonds is 25. The first-order valence-electron chi connectivity index (χ1n) is 18.7. The largest absolute Gasteiger partial charge is 0.455 e. The molecule has 0 aromatic rings. The van der Waals surface area contributed by atoms with Crippen LogP contribution in [0.15, 0.2) is 11.6 Å². The fourth-order valence-corrected chi connectivity index (χ4v) is 7.28. The second-order valence-electron chi connectivity index (χ2n) is 14.2. The van der Waals surface area contributed by atoms with Crippen molar-refractivity contribution in [1.82, 2.24) is 0 Å². The maximum Gasteiger partial charge on any atom is 0.334 e. The lowest BCUT2D eigenvalue weighted by atomic mass is 9.99. The lowest BCUT2D eigenvalue weighted by Gasteiger charge is -2.24. The van der Waals surface area contributed by atoms with Crippen LogP contribution in [0, 0.1) is 0 Å². The highest BCUT2D eigenvalue weighted by molar-refractivity contribution is 5.90. The van der Waals surface area contributed by atoms with Crippen LogP contribution in [0.3, 0.4) is 0 Å². The summed E-state index contributed by atoms with van der Waals surface area (Å²) < 4.78 is 17.6. The molecule has 3 aliphatic rings. The van der Waals surface area contributed by atoms with Gasteiger partial charge >= 0.3 is 5.97 Å². The standard InChI is InChI=1S/C37H66O8/c1-3-4-5-11-15-29(38)17-14-19-32(41)34-23-25-36(45-34)35-24-22-33(44-35)31(40)18-13-10-8-6-7-9-12-16-30(39)21-20-28-26-27(2)43-37(28)42/h26-27,29-36,38-41H,3-25H2,1-2H3/t27-,29-,30+,31+,32-,33+,34+,35+,36+/m0/s1. The molecule has 0 bridgehead atoms. The molecule has 262 valence electrons. The van der Waals surface area contributed by atoms with Gasteiger partial charge in [-0.2, -0.15) is 0 Å². The Morgan fingerprint density at radius 2 is 1.11 bits per heavy atom. The van der Waals surface area contributed by atoms with E-state index in [0.29, 0.717) is 24.8 Å². The summed E-state index contributed by atoms with van der Waals surface area (Å²) in [7, 11) is 0. The highest BCUT2D eigenvalue weighted by Crippen LogP contribution is 2.34. The molecule has 45 heavy (non-hydrogen) atoms. The van der Waals surface area contributed by atoms with Gasteiger partial charge in [0, 0.05) is 5.57 Å². The van der Waals surface area contributed by atoms with Crippen LogP contribution < -0.4 is 0 Å². The number of aliphatic hydroxyl groups is 4. The summed E-state index contributed by atoms with van der Waals surface area (Å²) in [5.74, 6) is -0.237. The van der Waals surface area contributed by atoms with E-state index in [1.165, 1.54) is 25.7 Å². The van der Waals surface area contributed by atoms with Crippen molar-refractivity contribution in [3.8, 4) is 0 Å². The fraction of sp³-hybridized carbons (Fsp3) is 0.919. The monoisotopic (exact) mass is 638 g/mol. The van der Waals surface area contributed by atoms with Crippen LogP contribution in [0.1, 0.15) is 162 Å². The molecule has 3 rings (SSSR count). The molecular weight excluding hydrogens is 572 g/mol. The molecule has 8 nitrogen and oxygen atoms in total. The van der Waals surface area contributed by atoms with Crippen molar-refractivity contribution < 1.29 is 39.4 Å². The molecule has 2 saturated heterocycles. The maximum absolute atomic E-state index is 11.7. The summed E-state index contributed by atoms with van der Waals surface area (Å²) in [5, 5.41) is 41.9. The fourth-order valence-electron chi connectivity index (χ4n) is 7.28. The van der Waals surface area contributed by atoms with E-state index >= 15 is 0 Å². The number of esters is 1. The summed E-state index contributed by atoms with van der Waals surface area (Å²) in [5.41, 5.74) is 0.700. The van der Waals surface area contributed by atoms with Crippen molar-refractivity contribution in [3.05, 3.63) is 11.6 Å². The summed E-state index contributed by atoms with van der Waals surface area (Å²) in [4.78, 5) is 11.7. The molecule has 4 N–H and O–H groups in total. The lowest BCUT2D eigenvalue weighted by molar-refractivity contribution is -0.139. The number of ether oxygens (including phenoxy) is 3. The molecule has 0 spiro atoms. The average Bonchev–Trinajstić information content (AvgIpc) is 3.77. The Balaban J connectivity index is 1.15. The van der Waals surface area contributed by atoms with Gasteiger partial charge in [0.1, 0.15) is 6.10 Å². The molecule has 0 aromatic heterocycles. The van der Waals surface area contributed by atoms with E-state index in [-0.39, 0.29) is 48.7 Å². The van der Waals surface area contributed by atoms with Crippen molar-refractivity contribution in [2.45, 2.75) is 216 Å². The normalized spacial score (nSPS) is 27.8. The topological polar surface area (TPSA) is 126 Å². The van der Waals surface area contributed by atoms with Gasteiger partial charge in [-0.15, -0.1) is 0 Å². The molecule has 0 amide bonds. The zero-order valence-corrected chi connectivity index (χ0v) is 28.5. The molecule has 0 unspecified atom stereocenters. The van der Waals surface area contributed by atoms with Crippen LogP contribution in [-0.2, 0) is 19.0 Å². The van der Waals surface area contributed by atoms with E-state index in [2.05, 4.69) is 6.92 Å². The number of aliphatic hydroxyl groups excluding tert-OH is 4. The van der Waals surface area contributed by atoms with Crippen molar-refractivity contribution in [2.75, 3.05) is 0 Å². The lowest BCUT2D eigenvalue weighted by Crippen LogP contribution is -2.33. The Labute approximate surface area is 273 Å². The number of unbranched alkanes of at least 4 members (excludes halogenated alkanes) is 9. The zero-order valence-electron chi connectivity index (χ0n) is 28.5. The van der Waals surface area contributed by atoms with Gasteiger partial charge in [0.15, 0.2) is 0 Å². The number of carbonyl (C=O) groups excluding carboxylic acids is 1. The Kier molecular flexibility index (Phi) is 18.6. The van der Waals surface area contributed by atoms with E-state index in [4.69, 9.17) is 14.2 Å². The van der Waals surface area contributed by atoms with E-state index in [1.54, 1.807) is 0 Å². The Bertz CT molecular complexity index is 833. The molecule has 3 heterocycles. The SMILES string of the molecule is CCCCCC[C@H](O)CCC[C@H](O)[C@H]1CC[C@H]([C@H]2CC[C@H]([C@H](O)CCCCCCCCC[C@@H](O)CCC3=C[C@H](C)OC3=O)O2)O1. The zero-order chi connectivity index (χ0) is 32.4. The first-order valence-corrected chi connectivity index (χ1v) is 18.7. The van der Waals surface area contributed by atoms with Crippen LogP contribution in [0.2, 0.25) is 0 Å². The van der Waals surface area contributed by atoms with Gasteiger partial charge in [0.2, 0.25) is 0 Å². The first-order chi connectivity index (χ1) is 21.8. The average molecular weight is 639 g/mol. The van der Waals surface area contributed by atoms with Crippen LogP contribution >= 0.6 is 0 Å². The van der Waals surface area contributed by atoms with Crippen molar-refractivity contribution in [3.63, 3.8) is 0 Å². The van der Waals surface area contributed by atoms with Gasteiger partial charge in [-0.05, 0) is 90.0 Å². The van der Waals surface area contributed by atoms with Crippen molar-refractivity contribution in [2.24, 2.45) is 0 Å². The van der Waals surface area contributed by atoms with E-state index < -0.39 is 12.2 Å². The summed E-state index contributed by atoms with van der Waals surface area (Å²) in [6.45, 7) is 4.05. The highest BCUT2D eigenvalue weighted by atomic mass is 16.6. The predicted octanol–water partition coefficient (Wildman–Crippen LogP) is 6.83. The minimum Gasteiger partial charge on any atom is -0.455 e. The molecule has 8 heteroatoms. The molecule has 0 saturated carbocycles. The van der Waals surface area contributed by atoms with E-state index in [0.717, 1.165) is 103 Å². The molecule has 2 fully saturated rings.